The van der Waals surface area contributed by atoms with Crippen LogP contribution in [-0.4, -0.2) is 37.6 Å². The average Bonchev–Trinajstić information content (AvgIpc) is 2.90. The van der Waals surface area contributed by atoms with Crippen molar-refractivity contribution < 1.29 is 4.39 Å². The van der Waals surface area contributed by atoms with E-state index in [9.17, 15) is 4.39 Å². The van der Waals surface area contributed by atoms with Gasteiger partial charge in [0.15, 0.2) is 0 Å². The van der Waals surface area contributed by atoms with E-state index >= 15 is 0 Å². The molecule has 2 aliphatic heterocycles. The topological polar surface area (TPSA) is 15.3 Å². The number of rotatable bonds is 4. The van der Waals surface area contributed by atoms with Crippen LogP contribution in [0.3, 0.4) is 0 Å². The van der Waals surface area contributed by atoms with Crippen molar-refractivity contribution in [3.63, 3.8) is 0 Å². The third kappa shape index (κ3) is 4.68. The summed E-state index contributed by atoms with van der Waals surface area (Å²) in [5.41, 5.74) is 1.76. The molecule has 0 saturated carbocycles. The maximum atomic E-state index is 12.9. The average molecular weight is 327 g/mol. The van der Waals surface area contributed by atoms with Crippen LogP contribution >= 0.6 is 12.4 Å². The Bertz CT molecular complexity index is 449. The molecule has 2 aliphatic rings. The summed E-state index contributed by atoms with van der Waals surface area (Å²) in [6, 6.07) is 7.04. The Balaban J connectivity index is 0.00000176. The van der Waals surface area contributed by atoms with E-state index in [1.54, 1.807) is 12.1 Å². The van der Waals surface area contributed by atoms with Crippen LogP contribution in [0.25, 0.3) is 0 Å². The van der Waals surface area contributed by atoms with E-state index in [0.717, 1.165) is 12.3 Å². The third-order valence-electron chi connectivity index (χ3n) is 5.21. The molecule has 0 spiro atoms. The molecule has 124 valence electrons. The highest BCUT2D eigenvalue weighted by atomic mass is 35.5. The van der Waals surface area contributed by atoms with E-state index < -0.39 is 0 Å². The van der Waals surface area contributed by atoms with Gasteiger partial charge >= 0.3 is 0 Å². The number of likely N-dealkylation sites (tertiary alicyclic amines) is 1. The van der Waals surface area contributed by atoms with Crippen LogP contribution in [0.5, 0.6) is 0 Å². The van der Waals surface area contributed by atoms with Crippen LogP contribution < -0.4 is 5.32 Å². The van der Waals surface area contributed by atoms with Crippen molar-refractivity contribution in [2.24, 2.45) is 11.3 Å². The van der Waals surface area contributed by atoms with Gasteiger partial charge in [0.1, 0.15) is 5.82 Å². The molecule has 1 aromatic carbocycles. The van der Waals surface area contributed by atoms with Gasteiger partial charge < -0.3 is 10.2 Å². The highest BCUT2D eigenvalue weighted by molar-refractivity contribution is 5.85. The zero-order chi connectivity index (χ0) is 14.7. The van der Waals surface area contributed by atoms with Crippen molar-refractivity contribution in [1.82, 2.24) is 10.2 Å². The van der Waals surface area contributed by atoms with Gasteiger partial charge in [0.2, 0.25) is 0 Å². The summed E-state index contributed by atoms with van der Waals surface area (Å²) in [6.45, 7) is 8.45. The van der Waals surface area contributed by atoms with Crippen LogP contribution in [-0.2, 0) is 6.42 Å². The molecule has 1 unspecified atom stereocenters. The largest absolute Gasteiger partial charge is 0.316 e. The van der Waals surface area contributed by atoms with Crippen LogP contribution in [0.1, 0.15) is 31.7 Å². The molecule has 0 bridgehead atoms. The summed E-state index contributed by atoms with van der Waals surface area (Å²) in [6.07, 6.45) is 4.97. The molecule has 1 atom stereocenters. The van der Waals surface area contributed by atoms with Crippen LogP contribution in [0.2, 0.25) is 0 Å². The fraction of sp³-hybridized carbons (Fsp3) is 0.667. The molecule has 2 fully saturated rings. The van der Waals surface area contributed by atoms with Gasteiger partial charge in [-0.3, -0.25) is 0 Å². The van der Waals surface area contributed by atoms with Crippen LogP contribution in [0.15, 0.2) is 24.3 Å². The Morgan fingerprint density at radius 3 is 2.50 bits per heavy atom. The number of hydrogen-bond donors (Lipinski definition) is 1. The maximum absolute atomic E-state index is 12.9. The van der Waals surface area contributed by atoms with Crippen molar-refractivity contribution in [3.8, 4) is 0 Å². The second kappa shape index (κ2) is 7.76. The van der Waals surface area contributed by atoms with Gasteiger partial charge in [0, 0.05) is 13.1 Å². The molecule has 2 nitrogen and oxygen atoms in total. The Labute approximate surface area is 139 Å². The first kappa shape index (κ1) is 17.7. The number of benzene rings is 1. The SMILES string of the molecule is CC1(CN2CCC(Cc3ccc(F)cc3)CC2)CCNC1.Cl. The van der Waals surface area contributed by atoms with E-state index in [0.29, 0.717) is 5.41 Å². The van der Waals surface area contributed by atoms with Crippen LogP contribution in [0.4, 0.5) is 4.39 Å². The normalized spacial score (nSPS) is 26.8. The summed E-state index contributed by atoms with van der Waals surface area (Å²) >= 11 is 0. The Hall–Kier alpha value is -0.640. The predicted octanol–water partition coefficient (Wildman–Crippen LogP) is 3.50. The first-order valence-corrected chi connectivity index (χ1v) is 8.31. The number of nitrogens with one attached hydrogen (secondary N) is 1. The summed E-state index contributed by atoms with van der Waals surface area (Å²) < 4.78 is 12.9. The standard InChI is InChI=1S/C18H27FN2.ClH/c1-18(8-9-20-13-18)14-21-10-6-16(7-11-21)12-15-2-4-17(19)5-3-15;/h2-5,16,20H,6-14H2,1H3;1H. The lowest BCUT2D eigenvalue weighted by Gasteiger charge is -2.37. The first-order valence-electron chi connectivity index (χ1n) is 8.31. The summed E-state index contributed by atoms with van der Waals surface area (Å²) in [4.78, 5) is 2.65. The summed E-state index contributed by atoms with van der Waals surface area (Å²) in [5, 5.41) is 3.49. The molecule has 22 heavy (non-hydrogen) atoms. The van der Waals surface area contributed by atoms with Crippen LogP contribution in [0, 0.1) is 17.2 Å². The van der Waals surface area contributed by atoms with Gasteiger partial charge in [0.25, 0.3) is 0 Å². The molecule has 1 N–H and O–H groups in total. The number of hydrogen-bond acceptors (Lipinski definition) is 2. The van der Waals surface area contributed by atoms with Crippen molar-refractivity contribution in [1.29, 1.82) is 0 Å². The minimum Gasteiger partial charge on any atom is -0.316 e. The van der Waals surface area contributed by atoms with E-state index in [1.165, 1.54) is 57.5 Å². The van der Waals surface area contributed by atoms with E-state index in [-0.39, 0.29) is 18.2 Å². The van der Waals surface area contributed by atoms with Gasteiger partial charge in [-0.1, -0.05) is 19.1 Å². The van der Waals surface area contributed by atoms with Gasteiger partial charge in [-0.2, -0.15) is 0 Å². The maximum Gasteiger partial charge on any atom is 0.123 e. The Morgan fingerprint density at radius 1 is 1.23 bits per heavy atom. The lowest BCUT2D eigenvalue weighted by atomic mass is 9.86. The van der Waals surface area contributed by atoms with Crippen molar-refractivity contribution in [2.75, 3.05) is 32.7 Å². The van der Waals surface area contributed by atoms with Gasteiger partial charge in [0.05, 0.1) is 0 Å². The molecule has 0 radical (unpaired) electrons. The molecular weight excluding hydrogens is 299 g/mol. The van der Waals surface area contributed by atoms with Gasteiger partial charge in [-0.25, -0.2) is 4.39 Å². The number of piperidine rings is 1. The summed E-state index contributed by atoms with van der Waals surface area (Å²) in [5.74, 6) is 0.633. The minimum atomic E-state index is -0.132. The Morgan fingerprint density at radius 2 is 1.91 bits per heavy atom. The monoisotopic (exact) mass is 326 g/mol. The molecule has 1 aromatic rings. The molecular formula is C18H28ClFN2. The Kier molecular flexibility index (Phi) is 6.25. The molecule has 0 aliphatic carbocycles. The van der Waals surface area contributed by atoms with Crippen molar-refractivity contribution in [3.05, 3.63) is 35.6 Å². The molecule has 0 aromatic heterocycles. The quantitative estimate of drug-likeness (QED) is 0.911. The lowest BCUT2D eigenvalue weighted by molar-refractivity contribution is 0.128. The smallest absolute Gasteiger partial charge is 0.123 e. The highest BCUT2D eigenvalue weighted by Crippen LogP contribution is 2.29. The van der Waals surface area contributed by atoms with Crippen molar-refractivity contribution >= 4 is 12.4 Å². The summed E-state index contributed by atoms with van der Waals surface area (Å²) in [7, 11) is 0. The molecule has 2 heterocycles. The lowest BCUT2D eigenvalue weighted by Crippen LogP contribution is -2.42. The van der Waals surface area contributed by atoms with Gasteiger partial charge in [-0.15, -0.1) is 12.4 Å². The van der Waals surface area contributed by atoms with E-state index in [1.807, 2.05) is 12.1 Å². The second-order valence-electron chi connectivity index (χ2n) is 7.29. The highest BCUT2D eigenvalue weighted by Gasteiger charge is 2.32. The molecule has 0 amide bonds. The molecule has 4 heteroatoms. The fourth-order valence-corrected chi connectivity index (χ4v) is 3.85. The first-order chi connectivity index (χ1) is 10.1. The van der Waals surface area contributed by atoms with Gasteiger partial charge in [-0.05, 0) is 74.3 Å². The predicted molar refractivity (Wildman–Crippen MR) is 92.1 cm³/mol. The third-order valence-corrected chi connectivity index (χ3v) is 5.21. The van der Waals surface area contributed by atoms with E-state index in [2.05, 4.69) is 17.1 Å². The second-order valence-corrected chi connectivity index (χ2v) is 7.29. The number of halogens is 2. The molecule has 2 saturated heterocycles. The molecule has 3 rings (SSSR count). The zero-order valence-corrected chi connectivity index (χ0v) is 14.3. The number of nitrogens with zero attached hydrogens (tertiary/aromatic N) is 1. The zero-order valence-electron chi connectivity index (χ0n) is 13.5. The fourth-order valence-electron chi connectivity index (χ4n) is 3.85. The minimum absolute atomic E-state index is 0. The van der Waals surface area contributed by atoms with Crippen molar-refractivity contribution in [2.45, 2.75) is 32.6 Å². The van der Waals surface area contributed by atoms with E-state index in [4.69, 9.17) is 0 Å².